The zero-order chi connectivity index (χ0) is 20.5. The van der Waals surface area contributed by atoms with Crippen molar-refractivity contribution in [1.82, 2.24) is 0 Å². The number of ether oxygens (including phenoxy) is 1. The van der Waals surface area contributed by atoms with Gasteiger partial charge in [-0.2, -0.15) is 0 Å². The van der Waals surface area contributed by atoms with E-state index in [2.05, 4.69) is 10.0 Å². The number of hydrogen-bond acceptors (Lipinski definition) is 6. The number of anilines is 2. The highest BCUT2D eigenvalue weighted by Gasteiger charge is 2.27. The van der Waals surface area contributed by atoms with Crippen molar-refractivity contribution in [2.24, 2.45) is 0 Å². The van der Waals surface area contributed by atoms with Crippen LogP contribution in [0.4, 0.5) is 11.4 Å². The van der Waals surface area contributed by atoms with E-state index in [-0.39, 0.29) is 23.1 Å². The van der Waals surface area contributed by atoms with Crippen LogP contribution in [0.25, 0.3) is 0 Å². The molecule has 146 valence electrons. The molecule has 1 aliphatic heterocycles. The number of sulfonamides is 1. The minimum absolute atomic E-state index is 0.00176. The van der Waals surface area contributed by atoms with Gasteiger partial charge in [-0.1, -0.05) is 12.1 Å². The summed E-state index contributed by atoms with van der Waals surface area (Å²) in [4.78, 5) is 36.4. The first-order valence-electron chi connectivity index (χ1n) is 8.37. The lowest BCUT2D eigenvalue weighted by Gasteiger charge is -2.10. The minimum atomic E-state index is -3.58. The molecule has 1 aliphatic rings. The summed E-state index contributed by atoms with van der Waals surface area (Å²) in [6, 6.07) is 10.7. The number of Topliss-reactive ketones (excluding diaryl/α,β-unsaturated/α-hetero) is 1. The summed E-state index contributed by atoms with van der Waals surface area (Å²) >= 11 is 0. The van der Waals surface area contributed by atoms with Crippen molar-refractivity contribution in [3.63, 3.8) is 0 Å². The average Bonchev–Trinajstić information content (AvgIpc) is 2.92. The predicted octanol–water partition coefficient (Wildman–Crippen LogP) is 2.15. The molecule has 0 fully saturated rings. The number of rotatable bonds is 6. The molecule has 1 amide bonds. The van der Waals surface area contributed by atoms with Crippen LogP contribution in [0.15, 0.2) is 42.5 Å². The van der Waals surface area contributed by atoms with Crippen LogP contribution in [0, 0.1) is 0 Å². The number of hydrogen-bond donors (Lipinski definition) is 2. The molecule has 9 heteroatoms. The number of esters is 1. The van der Waals surface area contributed by atoms with Crippen LogP contribution in [-0.4, -0.2) is 38.9 Å². The topological polar surface area (TPSA) is 119 Å². The molecule has 0 aromatic heterocycles. The van der Waals surface area contributed by atoms with Gasteiger partial charge in [0.2, 0.25) is 15.9 Å². The Morgan fingerprint density at radius 2 is 1.89 bits per heavy atom. The fraction of sp³-hybridized carbons (Fsp3) is 0.211. The van der Waals surface area contributed by atoms with E-state index < -0.39 is 28.4 Å². The number of ketones is 1. The Labute approximate surface area is 161 Å². The van der Waals surface area contributed by atoms with Crippen molar-refractivity contribution in [3.8, 4) is 0 Å². The van der Waals surface area contributed by atoms with E-state index in [9.17, 15) is 22.8 Å². The number of amides is 1. The van der Waals surface area contributed by atoms with Gasteiger partial charge in [0.1, 0.15) is 0 Å². The van der Waals surface area contributed by atoms with Gasteiger partial charge in [-0.05, 0) is 42.8 Å². The lowest BCUT2D eigenvalue weighted by Crippen LogP contribution is -2.17. The molecule has 2 aromatic rings. The van der Waals surface area contributed by atoms with E-state index in [0.29, 0.717) is 16.8 Å². The normalized spacial score (nSPS) is 15.5. The molecular weight excluding hydrogens is 384 g/mol. The molecular formula is C19H18N2O6S. The van der Waals surface area contributed by atoms with E-state index in [0.717, 1.165) is 6.26 Å². The van der Waals surface area contributed by atoms with Crippen LogP contribution in [-0.2, 0) is 19.6 Å². The van der Waals surface area contributed by atoms with Crippen LogP contribution in [0.2, 0.25) is 0 Å². The third-order valence-electron chi connectivity index (χ3n) is 4.27. The Morgan fingerprint density at radius 3 is 2.61 bits per heavy atom. The summed E-state index contributed by atoms with van der Waals surface area (Å²) in [5.74, 6) is -1.76. The number of carbonyl (C=O) groups excluding carboxylic acids is 3. The van der Waals surface area contributed by atoms with Crippen molar-refractivity contribution in [2.45, 2.75) is 12.8 Å². The fourth-order valence-electron chi connectivity index (χ4n) is 2.83. The van der Waals surface area contributed by atoms with E-state index in [1.807, 2.05) is 0 Å². The number of nitrogens with one attached hydrogen (secondary N) is 2. The predicted molar refractivity (Wildman–Crippen MR) is 103 cm³/mol. The van der Waals surface area contributed by atoms with Crippen molar-refractivity contribution in [3.05, 3.63) is 59.2 Å². The van der Waals surface area contributed by atoms with Crippen molar-refractivity contribution < 1.29 is 27.5 Å². The molecule has 28 heavy (non-hydrogen) atoms. The maximum Gasteiger partial charge on any atom is 0.340 e. The quantitative estimate of drug-likeness (QED) is 0.565. The standard InChI is InChI=1S/C19H18N2O6S/c1-11-14-9-12(7-8-15(14)20-18(11)23)17(22)10-27-19(24)13-5-3-4-6-16(13)21-28(2,25)26/h3-9,11,21H,10H2,1-2H3,(H,20,23)/t11-/m0/s1. The lowest BCUT2D eigenvalue weighted by molar-refractivity contribution is -0.116. The molecule has 0 aliphatic carbocycles. The highest BCUT2D eigenvalue weighted by atomic mass is 32.2. The Bertz CT molecular complexity index is 1080. The molecule has 0 saturated heterocycles. The van der Waals surface area contributed by atoms with Gasteiger partial charge in [0, 0.05) is 11.3 Å². The first-order chi connectivity index (χ1) is 13.2. The molecule has 1 heterocycles. The van der Waals surface area contributed by atoms with Crippen molar-refractivity contribution in [1.29, 1.82) is 0 Å². The van der Waals surface area contributed by atoms with E-state index in [4.69, 9.17) is 4.74 Å². The Hall–Kier alpha value is -3.20. The maximum atomic E-state index is 12.4. The summed E-state index contributed by atoms with van der Waals surface area (Å²) in [5, 5.41) is 2.72. The summed E-state index contributed by atoms with van der Waals surface area (Å²) in [7, 11) is -3.58. The number of carbonyl (C=O) groups is 3. The van der Waals surface area contributed by atoms with Crippen molar-refractivity contribution >= 4 is 39.1 Å². The first-order valence-corrected chi connectivity index (χ1v) is 10.3. The first kappa shape index (κ1) is 19.6. The number of fused-ring (bicyclic) bond motifs is 1. The zero-order valence-corrected chi connectivity index (χ0v) is 16.0. The van der Waals surface area contributed by atoms with Gasteiger partial charge in [0.05, 0.1) is 23.4 Å². The molecule has 8 nitrogen and oxygen atoms in total. The Balaban J connectivity index is 1.71. The van der Waals surface area contributed by atoms with Gasteiger partial charge in [0.25, 0.3) is 0 Å². The second kappa shape index (κ2) is 7.43. The molecule has 3 rings (SSSR count). The second-order valence-electron chi connectivity index (χ2n) is 6.43. The summed E-state index contributed by atoms with van der Waals surface area (Å²) < 4.78 is 30.1. The molecule has 2 N–H and O–H groups in total. The maximum absolute atomic E-state index is 12.4. The number of benzene rings is 2. The summed E-state index contributed by atoms with van der Waals surface area (Å²) in [6.07, 6.45) is 0.965. The molecule has 1 atom stereocenters. The zero-order valence-electron chi connectivity index (χ0n) is 15.2. The monoisotopic (exact) mass is 402 g/mol. The Morgan fingerprint density at radius 1 is 1.18 bits per heavy atom. The molecule has 2 aromatic carbocycles. The van der Waals surface area contributed by atoms with E-state index in [1.54, 1.807) is 37.3 Å². The molecule has 0 radical (unpaired) electrons. The SMILES string of the molecule is C[C@@H]1C(=O)Nc2ccc(C(=O)COC(=O)c3ccccc3NS(C)(=O)=O)cc21. The van der Waals surface area contributed by atoms with Crippen LogP contribution >= 0.6 is 0 Å². The summed E-state index contributed by atoms with van der Waals surface area (Å²) in [6.45, 7) is 1.22. The number of para-hydroxylation sites is 1. The molecule has 0 saturated carbocycles. The van der Waals surface area contributed by atoms with Gasteiger partial charge < -0.3 is 10.1 Å². The van der Waals surface area contributed by atoms with Crippen LogP contribution < -0.4 is 10.0 Å². The smallest absolute Gasteiger partial charge is 0.340 e. The van der Waals surface area contributed by atoms with Gasteiger partial charge >= 0.3 is 5.97 Å². The van der Waals surface area contributed by atoms with Crippen LogP contribution in [0.3, 0.4) is 0 Å². The van der Waals surface area contributed by atoms with Gasteiger partial charge in [-0.15, -0.1) is 0 Å². The van der Waals surface area contributed by atoms with Gasteiger partial charge in [-0.25, -0.2) is 13.2 Å². The third kappa shape index (κ3) is 4.20. The summed E-state index contributed by atoms with van der Waals surface area (Å²) in [5.41, 5.74) is 1.76. The van der Waals surface area contributed by atoms with Crippen LogP contribution in [0.1, 0.15) is 39.1 Å². The van der Waals surface area contributed by atoms with E-state index >= 15 is 0 Å². The van der Waals surface area contributed by atoms with Gasteiger partial charge in [-0.3, -0.25) is 14.3 Å². The lowest BCUT2D eigenvalue weighted by atomic mass is 9.99. The van der Waals surface area contributed by atoms with Crippen molar-refractivity contribution in [2.75, 3.05) is 22.9 Å². The Kier molecular flexibility index (Phi) is 5.19. The third-order valence-corrected chi connectivity index (χ3v) is 4.86. The average molecular weight is 402 g/mol. The highest BCUT2D eigenvalue weighted by Crippen LogP contribution is 2.32. The minimum Gasteiger partial charge on any atom is -0.454 e. The molecule has 0 spiro atoms. The fourth-order valence-corrected chi connectivity index (χ4v) is 3.41. The second-order valence-corrected chi connectivity index (χ2v) is 8.18. The van der Waals surface area contributed by atoms with E-state index in [1.165, 1.54) is 12.1 Å². The molecule has 0 bridgehead atoms. The highest BCUT2D eigenvalue weighted by molar-refractivity contribution is 7.92. The van der Waals surface area contributed by atoms with Crippen LogP contribution in [0.5, 0.6) is 0 Å². The molecule has 0 unspecified atom stereocenters. The largest absolute Gasteiger partial charge is 0.454 e. The van der Waals surface area contributed by atoms with Gasteiger partial charge in [0.15, 0.2) is 12.4 Å².